The van der Waals surface area contributed by atoms with Crippen molar-refractivity contribution in [3.63, 3.8) is 0 Å². The van der Waals surface area contributed by atoms with Gasteiger partial charge < -0.3 is 5.32 Å². The molecule has 3 aliphatic carbocycles. The molecule has 5 unspecified atom stereocenters. The summed E-state index contributed by atoms with van der Waals surface area (Å²) in [4.78, 5) is 2.90. The van der Waals surface area contributed by atoms with Crippen LogP contribution in [0.3, 0.4) is 0 Å². The molecule has 0 aromatic carbocycles. The van der Waals surface area contributed by atoms with Gasteiger partial charge in [0, 0.05) is 31.2 Å². The van der Waals surface area contributed by atoms with Crippen LogP contribution in [-0.4, -0.2) is 36.1 Å². The molecular weight excluding hydrogens is 232 g/mol. The summed E-state index contributed by atoms with van der Waals surface area (Å²) in [5, 5.41) is 3.74. The van der Waals surface area contributed by atoms with Gasteiger partial charge in [-0.15, -0.1) is 0 Å². The molecule has 2 heteroatoms. The predicted octanol–water partition coefficient (Wildman–Crippen LogP) is 2.89. The average Bonchev–Trinajstić information content (AvgIpc) is 3.06. The van der Waals surface area contributed by atoms with Crippen LogP contribution in [0.2, 0.25) is 0 Å². The van der Waals surface area contributed by atoms with E-state index in [-0.39, 0.29) is 0 Å². The minimum absolute atomic E-state index is 0.467. The van der Waals surface area contributed by atoms with Crippen LogP contribution in [-0.2, 0) is 0 Å². The molecule has 1 saturated heterocycles. The number of nitrogens with one attached hydrogen (secondary N) is 1. The van der Waals surface area contributed by atoms with E-state index in [0.29, 0.717) is 11.6 Å². The zero-order valence-electron chi connectivity index (χ0n) is 12.7. The third-order valence-electron chi connectivity index (χ3n) is 6.82. The van der Waals surface area contributed by atoms with Gasteiger partial charge >= 0.3 is 0 Å². The summed E-state index contributed by atoms with van der Waals surface area (Å²) in [6.45, 7) is 8.80. The number of nitrogens with zero attached hydrogens (tertiary/aromatic N) is 1. The maximum atomic E-state index is 3.74. The number of rotatable bonds is 3. The fraction of sp³-hybridized carbons (Fsp3) is 1.00. The van der Waals surface area contributed by atoms with Crippen molar-refractivity contribution in [3.05, 3.63) is 0 Å². The largest absolute Gasteiger partial charge is 0.311 e. The van der Waals surface area contributed by atoms with Crippen molar-refractivity contribution in [2.75, 3.05) is 19.6 Å². The first-order valence-electron chi connectivity index (χ1n) is 8.63. The second-order valence-electron chi connectivity index (χ2n) is 8.25. The Morgan fingerprint density at radius 1 is 1.16 bits per heavy atom. The molecule has 1 heterocycles. The molecule has 4 fully saturated rings. The Morgan fingerprint density at radius 3 is 2.63 bits per heavy atom. The molecule has 0 aromatic heterocycles. The van der Waals surface area contributed by atoms with E-state index >= 15 is 0 Å². The van der Waals surface area contributed by atoms with Crippen LogP contribution >= 0.6 is 0 Å². The highest BCUT2D eigenvalue weighted by Gasteiger charge is 2.49. The lowest BCUT2D eigenvalue weighted by Crippen LogP contribution is -2.64. The molecule has 4 aliphatic rings. The maximum Gasteiger partial charge on any atom is 0.0334 e. The number of hydrogen-bond donors (Lipinski definition) is 1. The molecule has 2 nitrogen and oxygen atoms in total. The summed E-state index contributed by atoms with van der Waals surface area (Å²) in [7, 11) is 0. The van der Waals surface area contributed by atoms with Crippen molar-refractivity contribution in [2.24, 2.45) is 23.7 Å². The Morgan fingerprint density at radius 2 is 2.00 bits per heavy atom. The molecule has 0 radical (unpaired) electrons. The molecule has 0 spiro atoms. The maximum absolute atomic E-state index is 3.74. The monoisotopic (exact) mass is 262 g/mol. The Hall–Kier alpha value is -0.0800. The second kappa shape index (κ2) is 4.46. The van der Waals surface area contributed by atoms with Gasteiger partial charge in [-0.3, -0.25) is 4.90 Å². The second-order valence-corrected chi connectivity index (χ2v) is 8.25. The summed E-state index contributed by atoms with van der Waals surface area (Å²) < 4.78 is 0. The van der Waals surface area contributed by atoms with E-state index in [1.54, 1.807) is 19.3 Å². The van der Waals surface area contributed by atoms with Crippen LogP contribution in [0.4, 0.5) is 0 Å². The van der Waals surface area contributed by atoms with Gasteiger partial charge in [-0.25, -0.2) is 0 Å². The summed E-state index contributed by atoms with van der Waals surface area (Å²) in [6.07, 6.45) is 9.13. The van der Waals surface area contributed by atoms with E-state index in [1.165, 1.54) is 38.9 Å². The van der Waals surface area contributed by atoms with Crippen LogP contribution in [0.15, 0.2) is 0 Å². The zero-order chi connectivity index (χ0) is 13.0. The molecule has 0 aromatic rings. The van der Waals surface area contributed by atoms with Crippen molar-refractivity contribution < 1.29 is 0 Å². The third kappa shape index (κ3) is 2.15. The smallest absolute Gasteiger partial charge is 0.0334 e. The lowest BCUT2D eigenvalue weighted by atomic mass is 9.84. The molecule has 0 amide bonds. The van der Waals surface area contributed by atoms with Gasteiger partial charge in [0.1, 0.15) is 0 Å². The Kier molecular flexibility index (Phi) is 2.97. The first-order chi connectivity index (χ1) is 9.15. The number of piperazine rings is 1. The number of fused-ring (bicyclic) bond motifs is 2. The van der Waals surface area contributed by atoms with Crippen LogP contribution in [0, 0.1) is 23.7 Å². The van der Waals surface area contributed by atoms with Crippen molar-refractivity contribution in [3.8, 4) is 0 Å². The molecule has 108 valence electrons. The van der Waals surface area contributed by atoms with Crippen molar-refractivity contribution in [2.45, 2.75) is 64.0 Å². The van der Waals surface area contributed by atoms with Crippen molar-refractivity contribution >= 4 is 0 Å². The van der Waals surface area contributed by atoms with Crippen molar-refractivity contribution in [1.82, 2.24) is 10.2 Å². The van der Waals surface area contributed by atoms with Crippen LogP contribution in [0.5, 0.6) is 0 Å². The summed E-state index contributed by atoms with van der Waals surface area (Å²) in [6, 6.07) is 0.686. The molecule has 5 atom stereocenters. The van der Waals surface area contributed by atoms with Crippen LogP contribution in [0.1, 0.15) is 52.4 Å². The summed E-state index contributed by atoms with van der Waals surface area (Å²) >= 11 is 0. The fourth-order valence-corrected chi connectivity index (χ4v) is 5.37. The first kappa shape index (κ1) is 12.6. The lowest BCUT2D eigenvalue weighted by Gasteiger charge is -2.49. The minimum atomic E-state index is 0.467. The normalized spacial score (nSPS) is 50.8. The van der Waals surface area contributed by atoms with E-state index in [0.717, 1.165) is 23.7 Å². The first-order valence-corrected chi connectivity index (χ1v) is 8.63. The summed E-state index contributed by atoms with van der Waals surface area (Å²) in [5.74, 6) is 4.19. The highest BCUT2D eigenvalue weighted by atomic mass is 15.3. The predicted molar refractivity (Wildman–Crippen MR) is 79.1 cm³/mol. The molecule has 4 rings (SSSR count). The minimum Gasteiger partial charge on any atom is -0.311 e. The third-order valence-corrected chi connectivity index (χ3v) is 6.82. The summed E-state index contributed by atoms with van der Waals surface area (Å²) in [5.41, 5.74) is 0.467. The highest BCUT2D eigenvalue weighted by molar-refractivity contribution is 5.05. The van der Waals surface area contributed by atoms with Gasteiger partial charge in [-0.1, -0.05) is 6.42 Å². The van der Waals surface area contributed by atoms with E-state index < -0.39 is 0 Å². The molecule has 3 saturated carbocycles. The number of hydrogen-bond acceptors (Lipinski definition) is 2. The van der Waals surface area contributed by atoms with Crippen molar-refractivity contribution in [1.29, 1.82) is 0 Å². The van der Waals surface area contributed by atoms with E-state index in [4.69, 9.17) is 0 Å². The molecule has 2 bridgehead atoms. The average molecular weight is 262 g/mol. The van der Waals surface area contributed by atoms with Crippen LogP contribution < -0.4 is 5.32 Å². The standard InChI is InChI=1S/C17H30N2/c1-12-9-19(17(2,11-18-12)16-5-6-16)10-15-8-13-3-4-14(15)7-13/h12-16,18H,3-11H2,1-2H3. The molecule has 1 N–H and O–H groups in total. The van der Waals surface area contributed by atoms with E-state index in [2.05, 4.69) is 24.1 Å². The topological polar surface area (TPSA) is 15.3 Å². The fourth-order valence-electron chi connectivity index (χ4n) is 5.37. The van der Waals surface area contributed by atoms with Gasteiger partial charge in [-0.2, -0.15) is 0 Å². The Bertz CT molecular complexity index is 351. The van der Waals surface area contributed by atoms with Gasteiger partial charge in [-0.05, 0) is 69.6 Å². The quantitative estimate of drug-likeness (QED) is 0.841. The zero-order valence-corrected chi connectivity index (χ0v) is 12.7. The van der Waals surface area contributed by atoms with Gasteiger partial charge in [0.25, 0.3) is 0 Å². The molecule has 1 aliphatic heterocycles. The van der Waals surface area contributed by atoms with Gasteiger partial charge in [0.15, 0.2) is 0 Å². The van der Waals surface area contributed by atoms with E-state index in [1.807, 2.05) is 0 Å². The van der Waals surface area contributed by atoms with Crippen LogP contribution in [0.25, 0.3) is 0 Å². The van der Waals surface area contributed by atoms with E-state index in [9.17, 15) is 0 Å². The SMILES string of the molecule is CC1CN(CC2CC3CCC2C3)C(C)(C2CC2)CN1. The highest BCUT2D eigenvalue weighted by Crippen LogP contribution is 2.50. The molecular formula is C17H30N2. The molecule has 19 heavy (non-hydrogen) atoms. The Labute approximate surface area is 118 Å². The Balaban J connectivity index is 1.47. The van der Waals surface area contributed by atoms with Gasteiger partial charge in [0.2, 0.25) is 0 Å². The van der Waals surface area contributed by atoms with Gasteiger partial charge in [0.05, 0.1) is 0 Å². The lowest BCUT2D eigenvalue weighted by molar-refractivity contribution is 0.0173.